The molecule has 23 nitrogen and oxygen atoms in total. The van der Waals surface area contributed by atoms with Crippen LogP contribution < -0.4 is 31.6 Å². The summed E-state index contributed by atoms with van der Waals surface area (Å²) in [5.41, 5.74) is 17.2. The maximum absolute atomic E-state index is 12.7. The summed E-state index contributed by atoms with van der Waals surface area (Å²) in [5, 5.41) is 58.1. The second-order valence-electron chi connectivity index (χ2n) is 30.7. The third-order valence-corrected chi connectivity index (χ3v) is 27.0. The van der Waals surface area contributed by atoms with Crippen LogP contribution in [0.15, 0.2) is 372 Å². The smallest absolute Gasteiger partial charge is 0.488 e. The normalized spacial score (nSPS) is 11.5. The topological polar surface area (TPSA) is 374 Å². The van der Waals surface area contributed by atoms with Gasteiger partial charge in [0.25, 0.3) is 16.7 Å². The van der Waals surface area contributed by atoms with E-state index in [1.54, 1.807) is 116 Å². The van der Waals surface area contributed by atoms with E-state index in [1.165, 1.54) is 49.5 Å². The Balaban J connectivity index is 0.000000140. The van der Waals surface area contributed by atoms with Crippen LogP contribution in [0.4, 0.5) is 0 Å². The lowest BCUT2D eigenvalue weighted by atomic mass is 9.80. The van der Waals surface area contributed by atoms with Gasteiger partial charge in [0.2, 0.25) is 0 Å². The first-order valence-corrected chi connectivity index (χ1v) is 47.5. The van der Waals surface area contributed by atoms with Gasteiger partial charge in [0.1, 0.15) is 63.8 Å². The van der Waals surface area contributed by atoms with Gasteiger partial charge < -0.3 is 43.9 Å². The minimum atomic E-state index is -1.49. The fourth-order valence-corrected chi connectivity index (χ4v) is 19.2. The van der Waals surface area contributed by atoms with Crippen molar-refractivity contribution in [2.24, 2.45) is 0 Å². The third kappa shape index (κ3) is 23.8. The highest BCUT2D eigenvalue weighted by Gasteiger charge is 2.27. The molecule has 5 N–H and O–H groups in total. The molecule has 1 aliphatic heterocycles. The summed E-state index contributed by atoms with van der Waals surface area (Å²) >= 11 is 7.38. The number of benzene rings is 12. The van der Waals surface area contributed by atoms with Crippen LogP contribution in [-0.2, 0) is 37.3 Å². The number of aryl methyl sites for hydroxylation is 1. The average Bonchev–Trinajstić information content (AvgIpc) is 0.782. The summed E-state index contributed by atoms with van der Waals surface area (Å²) in [7, 11) is 2.72. The number of aromatic nitrogens is 7. The molecule has 0 spiro atoms. The quantitative estimate of drug-likeness (QED) is 0.0162. The van der Waals surface area contributed by atoms with Crippen molar-refractivity contribution < 1.29 is 43.4 Å². The highest BCUT2D eigenvalue weighted by molar-refractivity contribution is 8.02. The second kappa shape index (κ2) is 46.2. The lowest BCUT2D eigenvalue weighted by Gasteiger charge is -2.22. The van der Waals surface area contributed by atoms with Gasteiger partial charge in [-0.1, -0.05) is 296 Å². The maximum Gasteiger partial charge on any atom is 0.488 e. The number of thioether (sulfide) groups is 4. The predicted molar refractivity (Wildman–Crippen MR) is 541 cm³/mol. The number of para-hydroxylation sites is 1. The largest absolute Gasteiger partial charge is 0.496 e. The molecule has 0 fully saturated rings. The highest BCUT2D eigenvalue weighted by Crippen LogP contribution is 2.51. The van der Waals surface area contributed by atoms with Crippen molar-refractivity contribution in [3.05, 3.63) is 425 Å². The third-order valence-electron chi connectivity index (χ3n) is 21.8. The van der Waals surface area contributed by atoms with Crippen molar-refractivity contribution in [3.8, 4) is 120 Å². The number of pyridine rings is 1. The number of nitriles is 4. The average molecular weight is 1910 g/mol. The Morgan fingerprint density at radius 2 is 0.848 bits per heavy atom. The molecular formula is C109H80BN11O12S5. The number of esters is 2. The number of aromatic amines is 3. The Morgan fingerprint density at radius 1 is 0.435 bits per heavy atom. The van der Waals surface area contributed by atoms with Crippen molar-refractivity contribution in [3.63, 3.8) is 0 Å². The summed E-state index contributed by atoms with van der Waals surface area (Å²) in [6, 6.07) is 104. The van der Waals surface area contributed by atoms with E-state index in [1.807, 2.05) is 250 Å². The zero-order valence-corrected chi connectivity index (χ0v) is 78.4. The van der Waals surface area contributed by atoms with Crippen molar-refractivity contribution in [2.75, 3.05) is 21.3 Å². The molecule has 138 heavy (non-hydrogen) atoms. The summed E-state index contributed by atoms with van der Waals surface area (Å²) in [6.45, 7) is 1.84. The van der Waals surface area contributed by atoms with Crippen molar-refractivity contribution in [1.82, 2.24) is 34.9 Å². The van der Waals surface area contributed by atoms with Crippen LogP contribution >= 0.6 is 58.8 Å². The zero-order chi connectivity index (χ0) is 96.6. The van der Waals surface area contributed by atoms with E-state index in [0.29, 0.717) is 94.5 Å². The molecule has 4 aromatic heterocycles. The number of fused-ring (bicyclic) bond motifs is 2. The van der Waals surface area contributed by atoms with Gasteiger partial charge in [-0.2, -0.15) is 21.0 Å². The van der Waals surface area contributed by atoms with Crippen LogP contribution in [0, 0.1) is 52.2 Å². The Morgan fingerprint density at radius 3 is 1.32 bits per heavy atom. The first-order chi connectivity index (χ1) is 67.3. The first kappa shape index (κ1) is 96.4. The zero-order valence-electron chi connectivity index (χ0n) is 74.3. The Kier molecular flexibility index (Phi) is 32.3. The maximum atomic E-state index is 12.7. The van der Waals surface area contributed by atoms with Gasteiger partial charge in [0, 0.05) is 64.1 Å². The standard InChI is InChI=1S/C30H25N3O6S.C30H19N3O2S2.C26H20BNO3S.C23H16N4OS/c1-17-13-23(29(36)39-4)22(14-25(17)37-2)19-9-11-20(12-10-19)26-24(15-31)27(34)33-30(32-26)40-16-18-5-7-21(8-6-18)28(35)38-3;31-17-23-27(32-30(33-29(23)34)36-18-19-7-2-1-3-8-19)21-15-13-20(14-16-21)22-9-6-11-25-28(22)37-26-12-5-4-10-24(26)35-25;28-16-25-24(21-10-8-20(9-11-21)19-4-2-1-3-5-19)14-23(15-26(25)29)32-17-18-6-12-22(13-7-18)27(30)31;24-14-20-21(19-8-6-18(7-9-19)17-4-2-1-3-5-17)26-23(27-22(20)28)29-15-16-10-12-25-13-11-16/h5-14H,16H2,1-4H3,(H,32,33,34);1-16H,18H2,(H,32,33,34);1-14,30-31H,15,17H2;1-13H,15H2,(H,26,27,28). The number of ether oxygens (including phenoxy) is 4. The van der Waals surface area contributed by atoms with Crippen LogP contribution in [0.5, 0.6) is 17.2 Å². The van der Waals surface area contributed by atoms with Crippen molar-refractivity contribution >= 4 is 94.7 Å². The van der Waals surface area contributed by atoms with E-state index in [-0.39, 0.29) is 40.2 Å². The summed E-state index contributed by atoms with van der Waals surface area (Å²) in [6.07, 6.45) is 5.61. The van der Waals surface area contributed by atoms with Crippen molar-refractivity contribution in [1.29, 1.82) is 21.0 Å². The Hall–Kier alpha value is -16.2. The van der Waals surface area contributed by atoms with E-state index in [0.717, 1.165) is 104 Å². The first-order valence-electron chi connectivity index (χ1n) is 42.7. The van der Waals surface area contributed by atoms with Crippen LogP contribution in [0.3, 0.4) is 0 Å². The number of methoxy groups -OCH3 is 3. The number of hydrogen-bond donors (Lipinski definition) is 5. The minimum Gasteiger partial charge on any atom is -0.496 e. The Bertz CT molecular complexity index is 7630. The molecule has 5 heterocycles. The number of rotatable bonds is 24. The number of ketones is 1. The van der Waals surface area contributed by atoms with E-state index in [2.05, 4.69) is 53.1 Å². The molecule has 0 saturated carbocycles. The van der Waals surface area contributed by atoms with E-state index >= 15 is 0 Å². The molecule has 0 radical (unpaired) electrons. The van der Waals surface area contributed by atoms with Crippen LogP contribution in [0.1, 0.15) is 77.2 Å². The number of Topliss-reactive ketones (excluding diaryl/α,β-unsaturated/α-hetero) is 1. The fourth-order valence-electron chi connectivity index (χ4n) is 14.7. The number of H-pyrrole nitrogens is 3. The molecule has 0 unspecified atom stereocenters. The number of nitrogens with zero attached hydrogens (tertiary/aromatic N) is 8. The summed E-state index contributed by atoms with van der Waals surface area (Å²) in [4.78, 5) is 104. The number of hydrogen-bond acceptors (Lipinski definition) is 25. The van der Waals surface area contributed by atoms with Gasteiger partial charge in [0.05, 0.1) is 59.3 Å². The summed E-state index contributed by atoms with van der Waals surface area (Å²) < 4.78 is 21.3. The molecule has 0 amide bonds. The molecule has 2 aliphatic rings. The molecule has 1 aliphatic carbocycles. The monoisotopic (exact) mass is 1910 g/mol. The number of carbonyl (C=O) groups excluding carboxylic acids is 3. The lowest BCUT2D eigenvalue weighted by Crippen LogP contribution is -2.29. The molecule has 676 valence electrons. The van der Waals surface area contributed by atoms with Crippen molar-refractivity contribution in [2.45, 2.75) is 61.6 Å². The molecule has 16 aromatic rings. The van der Waals surface area contributed by atoms with Gasteiger partial charge in [-0.3, -0.25) is 24.2 Å². The molecule has 12 aromatic carbocycles. The van der Waals surface area contributed by atoms with Crippen LogP contribution in [0.2, 0.25) is 0 Å². The molecule has 0 saturated heterocycles. The van der Waals surface area contributed by atoms with Crippen LogP contribution in [-0.4, -0.2) is 91.1 Å². The second-order valence-corrected chi connectivity index (χ2v) is 35.8. The molecule has 18 rings (SSSR count). The summed E-state index contributed by atoms with van der Waals surface area (Å²) in [5.74, 6) is 3.66. The molecule has 29 heteroatoms. The highest BCUT2D eigenvalue weighted by atomic mass is 32.2. The predicted octanol–water partition coefficient (Wildman–Crippen LogP) is 21.4. The molecule has 0 bridgehead atoms. The van der Waals surface area contributed by atoms with Gasteiger partial charge in [-0.15, -0.1) is 11.8 Å². The van der Waals surface area contributed by atoms with E-state index < -0.39 is 35.7 Å². The van der Waals surface area contributed by atoms with Gasteiger partial charge in [-0.25, -0.2) is 24.5 Å². The van der Waals surface area contributed by atoms with E-state index in [4.69, 9.17) is 18.9 Å². The fraction of sp³-hybridized carbons (Fsp3) is 0.0826. The Labute approximate surface area is 815 Å². The van der Waals surface area contributed by atoms with Gasteiger partial charge in [0.15, 0.2) is 21.3 Å². The SMILES string of the molecule is COC(=O)c1ccc(CSc2nc(-c3ccc(-c4cc(OC)c(C)cc4C(=O)OC)cc3)c(C#N)c(=O)[nH]2)cc1.N#CC1=C(c2ccc(-c3ccccc3)cc2)C=C(SCc2ccc(B(O)O)cc2)CC1=O.N#Cc1c(-c2ccc(-c3cccc4c3Sc3ccccc3O4)cc2)nc(SCc2ccccc2)[nH]c1=O.N#Cc1c(-c2ccc(-c3ccccc3)cc2)nc(SCc2ccncc2)[nH]c1=O. The number of carbonyl (C=O) groups is 3. The van der Waals surface area contributed by atoms with Gasteiger partial charge >= 0.3 is 19.1 Å². The number of allylic oxidation sites excluding steroid dienone is 4. The minimum absolute atomic E-state index is 0.00876. The van der Waals surface area contributed by atoms with E-state index in [9.17, 15) is 59.9 Å². The molecule has 0 atom stereocenters. The molecular weight excluding hydrogens is 1830 g/mol. The van der Waals surface area contributed by atoms with Gasteiger partial charge in [-0.05, 0) is 156 Å². The number of nitrogens with one attached hydrogen (secondary N) is 3. The van der Waals surface area contributed by atoms with Crippen LogP contribution in [0.25, 0.3) is 83.9 Å². The lowest BCUT2D eigenvalue weighted by molar-refractivity contribution is -0.114.